The van der Waals surface area contributed by atoms with Crippen LogP contribution in [-0.2, 0) is 6.54 Å². The quantitative estimate of drug-likeness (QED) is 0.398. The highest BCUT2D eigenvalue weighted by molar-refractivity contribution is 5.58. The molecular formula is C24H37N7O. The monoisotopic (exact) mass is 439 g/mol. The normalized spacial score (nSPS) is 17.4. The van der Waals surface area contributed by atoms with E-state index in [1.807, 2.05) is 18.2 Å². The van der Waals surface area contributed by atoms with Gasteiger partial charge in [-0.1, -0.05) is 0 Å². The first-order valence-corrected chi connectivity index (χ1v) is 11.9. The Kier molecular flexibility index (Phi) is 8.53. The second kappa shape index (κ2) is 12.0. The number of likely N-dealkylation sites (tertiary alicyclic amines) is 1. The summed E-state index contributed by atoms with van der Waals surface area (Å²) in [6.45, 7) is 8.48. The molecule has 32 heavy (non-hydrogen) atoms. The van der Waals surface area contributed by atoms with Gasteiger partial charge in [-0.15, -0.1) is 0 Å². The van der Waals surface area contributed by atoms with Crippen LogP contribution in [0.2, 0.25) is 0 Å². The van der Waals surface area contributed by atoms with Gasteiger partial charge in [-0.25, -0.2) is 4.98 Å². The van der Waals surface area contributed by atoms with Crippen LogP contribution < -0.4 is 26.0 Å². The van der Waals surface area contributed by atoms with Crippen molar-refractivity contribution in [3.63, 3.8) is 0 Å². The largest absolute Gasteiger partial charge is 0.496 e. The molecule has 8 heteroatoms. The highest BCUT2D eigenvalue weighted by Gasteiger charge is 2.13. The molecule has 0 atom stereocenters. The predicted octanol–water partition coefficient (Wildman–Crippen LogP) is 2.83. The van der Waals surface area contributed by atoms with E-state index in [4.69, 9.17) is 4.74 Å². The molecule has 3 heterocycles. The molecule has 1 aromatic carbocycles. The molecular weight excluding hydrogens is 402 g/mol. The fourth-order valence-electron chi connectivity index (χ4n) is 4.44. The highest BCUT2D eigenvalue weighted by atomic mass is 16.5. The highest BCUT2D eigenvalue weighted by Crippen LogP contribution is 2.24. The smallest absolute Gasteiger partial charge is 0.229 e. The Morgan fingerprint density at radius 2 is 2.00 bits per heavy atom. The van der Waals surface area contributed by atoms with Gasteiger partial charge in [-0.3, -0.25) is 0 Å². The molecule has 2 aliphatic heterocycles. The summed E-state index contributed by atoms with van der Waals surface area (Å²) in [4.78, 5) is 11.6. The van der Waals surface area contributed by atoms with Crippen LogP contribution in [0.15, 0.2) is 30.5 Å². The average molecular weight is 440 g/mol. The number of ether oxygens (including phenoxy) is 1. The lowest BCUT2D eigenvalue weighted by molar-refractivity contribution is 0.335. The van der Waals surface area contributed by atoms with Gasteiger partial charge in [-0.2, -0.15) is 4.98 Å². The third-order valence-electron chi connectivity index (χ3n) is 6.34. The number of rotatable bonds is 11. The summed E-state index contributed by atoms with van der Waals surface area (Å²) in [5.41, 5.74) is 2.08. The summed E-state index contributed by atoms with van der Waals surface area (Å²) in [7, 11) is 1.72. The lowest BCUT2D eigenvalue weighted by Crippen LogP contribution is -2.31. The average Bonchev–Trinajstić information content (AvgIpc) is 3.35. The lowest BCUT2D eigenvalue weighted by atomic mass is 9.98. The molecule has 0 aliphatic carbocycles. The van der Waals surface area contributed by atoms with Crippen LogP contribution in [-0.4, -0.2) is 67.8 Å². The van der Waals surface area contributed by atoms with Gasteiger partial charge >= 0.3 is 0 Å². The number of anilines is 3. The summed E-state index contributed by atoms with van der Waals surface area (Å²) in [6.07, 6.45) is 6.88. The Labute approximate surface area is 191 Å². The molecule has 0 radical (unpaired) electrons. The Morgan fingerprint density at radius 1 is 1.16 bits per heavy atom. The molecule has 2 aromatic rings. The van der Waals surface area contributed by atoms with Gasteiger partial charge in [0.25, 0.3) is 0 Å². The van der Waals surface area contributed by atoms with Crippen LogP contribution in [0, 0.1) is 5.92 Å². The maximum atomic E-state index is 5.57. The number of piperidine rings is 1. The van der Waals surface area contributed by atoms with E-state index in [-0.39, 0.29) is 0 Å². The van der Waals surface area contributed by atoms with Gasteiger partial charge in [0.05, 0.1) is 7.11 Å². The molecule has 2 fully saturated rings. The van der Waals surface area contributed by atoms with Gasteiger partial charge in [0.2, 0.25) is 5.95 Å². The topological polar surface area (TPSA) is 86.4 Å². The van der Waals surface area contributed by atoms with Crippen molar-refractivity contribution in [2.24, 2.45) is 5.92 Å². The van der Waals surface area contributed by atoms with E-state index in [9.17, 15) is 0 Å². The molecule has 0 saturated carbocycles. The minimum Gasteiger partial charge on any atom is -0.496 e. The number of hydrogen-bond acceptors (Lipinski definition) is 8. The van der Waals surface area contributed by atoms with Crippen LogP contribution in [0.3, 0.4) is 0 Å². The first kappa shape index (κ1) is 22.8. The Bertz CT molecular complexity index is 835. The molecule has 0 unspecified atom stereocenters. The van der Waals surface area contributed by atoms with Crippen LogP contribution in [0.1, 0.15) is 31.2 Å². The molecule has 2 aliphatic rings. The van der Waals surface area contributed by atoms with Crippen molar-refractivity contribution in [2.75, 3.05) is 63.6 Å². The number of methoxy groups -OCH3 is 1. The number of hydrogen-bond donors (Lipinski definition) is 4. The SMILES string of the molecule is COc1ccc(Nc2nccc(NCC3CCNCC3)n2)cc1CNCCN1CCCC1. The van der Waals surface area contributed by atoms with Crippen molar-refractivity contribution in [1.29, 1.82) is 0 Å². The zero-order chi connectivity index (χ0) is 22.0. The van der Waals surface area contributed by atoms with E-state index >= 15 is 0 Å². The first-order chi connectivity index (χ1) is 15.8. The predicted molar refractivity (Wildman–Crippen MR) is 130 cm³/mol. The molecule has 0 bridgehead atoms. The molecule has 0 spiro atoms. The van der Waals surface area contributed by atoms with Gasteiger partial charge in [0.1, 0.15) is 11.6 Å². The van der Waals surface area contributed by atoms with E-state index in [1.54, 1.807) is 13.3 Å². The van der Waals surface area contributed by atoms with E-state index in [0.717, 1.165) is 62.1 Å². The van der Waals surface area contributed by atoms with Crippen molar-refractivity contribution in [2.45, 2.75) is 32.2 Å². The minimum atomic E-state index is 0.596. The Hall–Kier alpha value is -2.42. The summed E-state index contributed by atoms with van der Waals surface area (Å²) in [5.74, 6) is 3.05. The second-order valence-electron chi connectivity index (χ2n) is 8.72. The van der Waals surface area contributed by atoms with Gasteiger partial charge in [0, 0.05) is 43.6 Å². The molecule has 1 aromatic heterocycles. The van der Waals surface area contributed by atoms with Crippen LogP contribution in [0.5, 0.6) is 5.75 Å². The fourth-order valence-corrected chi connectivity index (χ4v) is 4.44. The standard InChI is InChI=1S/C24H37N7O/c1-32-22-5-4-21(16-20(22)18-26-12-15-31-13-2-3-14-31)29-24-27-11-8-23(30-24)28-17-19-6-9-25-10-7-19/h4-5,8,11,16,19,25-26H,2-3,6-7,9-10,12-15,17-18H2,1H3,(H2,27,28,29,30). The van der Waals surface area contributed by atoms with E-state index in [1.165, 1.54) is 38.8 Å². The minimum absolute atomic E-state index is 0.596. The molecule has 174 valence electrons. The molecule has 2 saturated heterocycles. The van der Waals surface area contributed by atoms with Crippen molar-refractivity contribution >= 4 is 17.5 Å². The lowest BCUT2D eigenvalue weighted by Gasteiger charge is -2.23. The van der Waals surface area contributed by atoms with Crippen LogP contribution >= 0.6 is 0 Å². The summed E-state index contributed by atoms with van der Waals surface area (Å²) >= 11 is 0. The zero-order valence-corrected chi connectivity index (χ0v) is 19.2. The molecule has 0 amide bonds. The molecule has 4 N–H and O–H groups in total. The van der Waals surface area contributed by atoms with Crippen LogP contribution in [0.25, 0.3) is 0 Å². The van der Waals surface area contributed by atoms with Crippen molar-refractivity contribution < 1.29 is 4.74 Å². The third-order valence-corrected chi connectivity index (χ3v) is 6.34. The summed E-state index contributed by atoms with van der Waals surface area (Å²) < 4.78 is 5.57. The van der Waals surface area contributed by atoms with Crippen molar-refractivity contribution in [1.82, 2.24) is 25.5 Å². The second-order valence-corrected chi connectivity index (χ2v) is 8.72. The van der Waals surface area contributed by atoms with Gasteiger partial charge in [0.15, 0.2) is 0 Å². The molecule has 4 rings (SSSR count). The summed E-state index contributed by atoms with van der Waals surface area (Å²) in [5, 5.41) is 13.8. The number of benzene rings is 1. The maximum Gasteiger partial charge on any atom is 0.229 e. The number of nitrogens with zero attached hydrogens (tertiary/aromatic N) is 3. The van der Waals surface area contributed by atoms with Crippen LogP contribution in [0.4, 0.5) is 17.5 Å². The number of aromatic nitrogens is 2. The molecule has 8 nitrogen and oxygen atoms in total. The van der Waals surface area contributed by atoms with Crippen molar-refractivity contribution in [3.05, 3.63) is 36.0 Å². The fraction of sp³-hybridized carbons (Fsp3) is 0.583. The Balaban J connectivity index is 1.31. The Morgan fingerprint density at radius 3 is 2.81 bits per heavy atom. The first-order valence-electron chi connectivity index (χ1n) is 11.9. The van der Waals surface area contributed by atoms with Gasteiger partial charge in [-0.05, 0) is 82.0 Å². The zero-order valence-electron chi connectivity index (χ0n) is 19.2. The third kappa shape index (κ3) is 6.79. The summed E-state index contributed by atoms with van der Waals surface area (Å²) in [6, 6.07) is 8.04. The van der Waals surface area contributed by atoms with Gasteiger partial charge < -0.3 is 30.9 Å². The maximum absolute atomic E-state index is 5.57. The van der Waals surface area contributed by atoms with E-state index < -0.39 is 0 Å². The van der Waals surface area contributed by atoms with E-state index in [2.05, 4.69) is 42.2 Å². The van der Waals surface area contributed by atoms with E-state index in [0.29, 0.717) is 11.9 Å². The number of nitrogens with one attached hydrogen (secondary N) is 4. The van der Waals surface area contributed by atoms with Crippen molar-refractivity contribution in [3.8, 4) is 5.75 Å².